The van der Waals surface area contributed by atoms with Gasteiger partial charge in [0.1, 0.15) is 11.5 Å². The van der Waals surface area contributed by atoms with Crippen LogP contribution in [0.1, 0.15) is 16.1 Å². The second-order valence-corrected chi connectivity index (χ2v) is 5.89. The van der Waals surface area contributed by atoms with Gasteiger partial charge in [0.15, 0.2) is 0 Å². The van der Waals surface area contributed by atoms with Crippen LogP contribution in [-0.2, 0) is 6.18 Å². The smallest absolute Gasteiger partial charge is 0.339 e. The van der Waals surface area contributed by atoms with Crippen LogP contribution in [0.5, 0.6) is 0 Å². The summed E-state index contributed by atoms with van der Waals surface area (Å²) in [5.41, 5.74) is -0.141. The lowest BCUT2D eigenvalue weighted by atomic mass is 10.2. The second kappa shape index (κ2) is 7.63. The van der Waals surface area contributed by atoms with E-state index in [0.29, 0.717) is 10.8 Å². The Balaban J connectivity index is 1.68. The zero-order valence-corrected chi connectivity index (χ0v) is 14.3. The average molecular weight is 393 g/mol. The third-order valence-electron chi connectivity index (χ3n) is 3.45. The van der Waals surface area contributed by atoms with Crippen LogP contribution in [0.2, 0.25) is 5.02 Å². The standard InChI is InChI=1S/C18H12ClF3N4O/c19-12-4-6-13(7-5-12)25-16-10-23-15(9-24-16)17(27)26-14-3-1-2-11(8-14)18(20,21)22/h1-10H,(H,24,25)(H,26,27). The van der Waals surface area contributed by atoms with Gasteiger partial charge in [0.05, 0.1) is 18.0 Å². The van der Waals surface area contributed by atoms with E-state index in [4.69, 9.17) is 11.6 Å². The Kier molecular flexibility index (Phi) is 5.27. The van der Waals surface area contributed by atoms with Crippen LogP contribution in [0, 0.1) is 0 Å². The molecule has 0 fully saturated rings. The summed E-state index contributed by atoms with van der Waals surface area (Å²) in [6.45, 7) is 0. The van der Waals surface area contributed by atoms with Crippen LogP contribution >= 0.6 is 11.6 Å². The van der Waals surface area contributed by atoms with Crippen molar-refractivity contribution in [3.63, 3.8) is 0 Å². The van der Waals surface area contributed by atoms with E-state index >= 15 is 0 Å². The number of carbonyl (C=O) groups excluding carboxylic acids is 1. The number of alkyl halides is 3. The van der Waals surface area contributed by atoms with Gasteiger partial charge in [-0.15, -0.1) is 0 Å². The molecule has 0 radical (unpaired) electrons. The second-order valence-electron chi connectivity index (χ2n) is 5.45. The van der Waals surface area contributed by atoms with Crippen LogP contribution in [0.25, 0.3) is 0 Å². The quantitative estimate of drug-likeness (QED) is 0.644. The fraction of sp³-hybridized carbons (Fsp3) is 0.0556. The van der Waals surface area contributed by atoms with Crippen LogP contribution in [0.15, 0.2) is 60.9 Å². The summed E-state index contributed by atoms with van der Waals surface area (Å²) >= 11 is 5.81. The summed E-state index contributed by atoms with van der Waals surface area (Å²) in [6.07, 6.45) is -1.92. The van der Waals surface area contributed by atoms with Crippen molar-refractivity contribution in [3.8, 4) is 0 Å². The fourth-order valence-electron chi connectivity index (χ4n) is 2.16. The van der Waals surface area contributed by atoms with Gasteiger partial charge in [-0.25, -0.2) is 9.97 Å². The number of benzene rings is 2. The van der Waals surface area contributed by atoms with Gasteiger partial charge in [-0.1, -0.05) is 17.7 Å². The fourth-order valence-corrected chi connectivity index (χ4v) is 2.29. The minimum Gasteiger partial charge on any atom is -0.339 e. The highest BCUT2D eigenvalue weighted by atomic mass is 35.5. The molecular formula is C18H12ClF3N4O. The van der Waals surface area contributed by atoms with Crippen molar-refractivity contribution in [1.29, 1.82) is 0 Å². The lowest BCUT2D eigenvalue weighted by Crippen LogP contribution is -2.15. The maximum atomic E-state index is 12.7. The highest BCUT2D eigenvalue weighted by Gasteiger charge is 2.30. The molecule has 5 nitrogen and oxygen atoms in total. The molecule has 0 aliphatic carbocycles. The van der Waals surface area contributed by atoms with E-state index in [0.717, 1.165) is 17.8 Å². The summed E-state index contributed by atoms with van der Waals surface area (Å²) < 4.78 is 38.2. The first-order valence-corrected chi connectivity index (χ1v) is 8.02. The molecule has 0 aliphatic heterocycles. The molecule has 1 amide bonds. The van der Waals surface area contributed by atoms with Gasteiger partial charge < -0.3 is 10.6 Å². The Labute approximate surface area is 157 Å². The molecule has 0 aliphatic rings. The van der Waals surface area contributed by atoms with Gasteiger partial charge in [0.25, 0.3) is 5.91 Å². The summed E-state index contributed by atoms with van der Waals surface area (Å²) in [4.78, 5) is 20.2. The first-order valence-electron chi connectivity index (χ1n) is 7.64. The van der Waals surface area contributed by atoms with E-state index in [2.05, 4.69) is 20.6 Å². The number of hydrogen-bond donors (Lipinski definition) is 2. The molecule has 0 spiro atoms. The number of anilines is 3. The van der Waals surface area contributed by atoms with Gasteiger partial charge in [-0.05, 0) is 42.5 Å². The molecule has 2 aromatic carbocycles. The van der Waals surface area contributed by atoms with E-state index in [-0.39, 0.29) is 11.4 Å². The maximum absolute atomic E-state index is 12.7. The average Bonchev–Trinajstić information content (AvgIpc) is 2.64. The molecule has 0 unspecified atom stereocenters. The lowest BCUT2D eigenvalue weighted by Gasteiger charge is -2.10. The molecule has 0 saturated carbocycles. The number of nitrogens with zero attached hydrogens (tertiary/aromatic N) is 2. The highest BCUT2D eigenvalue weighted by Crippen LogP contribution is 2.30. The molecule has 138 valence electrons. The number of carbonyl (C=O) groups is 1. The van der Waals surface area contributed by atoms with Crippen molar-refractivity contribution in [1.82, 2.24) is 9.97 Å². The van der Waals surface area contributed by atoms with E-state index < -0.39 is 17.6 Å². The van der Waals surface area contributed by atoms with Crippen LogP contribution in [0.3, 0.4) is 0 Å². The zero-order chi connectivity index (χ0) is 19.4. The van der Waals surface area contributed by atoms with Crippen LogP contribution in [0.4, 0.5) is 30.4 Å². The van der Waals surface area contributed by atoms with Gasteiger partial charge in [-0.2, -0.15) is 13.2 Å². The van der Waals surface area contributed by atoms with E-state index in [1.807, 2.05) is 0 Å². The van der Waals surface area contributed by atoms with Crippen molar-refractivity contribution in [2.75, 3.05) is 10.6 Å². The highest BCUT2D eigenvalue weighted by molar-refractivity contribution is 6.30. The number of aromatic nitrogens is 2. The van der Waals surface area contributed by atoms with E-state index in [1.165, 1.54) is 24.5 Å². The summed E-state index contributed by atoms with van der Waals surface area (Å²) in [5.74, 6) is -0.271. The molecule has 3 rings (SSSR count). The SMILES string of the molecule is O=C(Nc1cccc(C(F)(F)F)c1)c1cnc(Nc2ccc(Cl)cc2)cn1. The molecule has 2 N–H and O–H groups in total. The molecule has 9 heteroatoms. The molecular weight excluding hydrogens is 381 g/mol. The summed E-state index contributed by atoms with van der Waals surface area (Å²) in [7, 11) is 0. The number of amides is 1. The first kappa shape index (κ1) is 18.7. The van der Waals surface area contributed by atoms with E-state index in [9.17, 15) is 18.0 Å². The van der Waals surface area contributed by atoms with Crippen molar-refractivity contribution < 1.29 is 18.0 Å². The molecule has 0 saturated heterocycles. The number of hydrogen-bond acceptors (Lipinski definition) is 4. The zero-order valence-electron chi connectivity index (χ0n) is 13.6. The predicted molar refractivity (Wildman–Crippen MR) is 96.2 cm³/mol. The monoisotopic (exact) mass is 392 g/mol. The minimum absolute atomic E-state index is 0.0139. The normalized spacial score (nSPS) is 11.1. The maximum Gasteiger partial charge on any atom is 0.416 e. The molecule has 0 bridgehead atoms. The van der Waals surface area contributed by atoms with Crippen molar-refractivity contribution in [2.24, 2.45) is 0 Å². The summed E-state index contributed by atoms with van der Waals surface area (Å²) in [6, 6.07) is 11.2. The van der Waals surface area contributed by atoms with E-state index in [1.54, 1.807) is 24.3 Å². The molecule has 1 heterocycles. The van der Waals surface area contributed by atoms with Gasteiger partial charge >= 0.3 is 6.18 Å². The Morgan fingerprint density at radius 1 is 0.963 bits per heavy atom. The minimum atomic E-state index is -4.49. The van der Waals surface area contributed by atoms with Crippen molar-refractivity contribution in [3.05, 3.63) is 77.2 Å². The topological polar surface area (TPSA) is 66.9 Å². The summed E-state index contributed by atoms with van der Waals surface area (Å²) in [5, 5.41) is 5.94. The lowest BCUT2D eigenvalue weighted by molar-refractivity contribution is -0.137. The van der Waals surface area contributed by atoms with Gasteiger partial charge in [-0.3, -0.25) is 4.79 Å². The number of rotatable bonds is 4. The third-order valence-corrected chi connectivity index (χ3v) is 3.70. The van der Waals surface area contributed by atoms with Crippen LogP contribution < -0.4 is 10.6 Å². The number of halogens is 4. The predicted octanol–water partition coefficient (Wildman–Crippen LogP) is 5.14. The molecule has 27 heavy (non-hydrogen) atoms. The van der Waals surface area contributed by atoms with Crippen molar-refractivity contribution in [2.45, 2.75) is 6.18 Å². The van der Waals surface area contributed by atoms with Crippen molar-refractivity contribution >= 4 is 34.7 Å². The Morgan fingerprint density at radius 3 is 2.33 bits per heavy atom. The number of nitrogens with one attached hydrogen (secondary N) is 2. The molecule has 3 aromatic rings. The Morgan fingerprint density at radius 2 is 1.70 bits per heavy atom. The first-order chi connectivity index (χ1) is 12.8. The van der Waals surface area contributed by atoms with Gasteiger partial charge in [0.2, 0.25) is 0 Å². The third kappa shape index (κ3) is 4.95. The Bertz CT molecular complexity index is 944. The molecule has 1 aromatic heterocycles. The van der Waals surface area contributed by atoms with Gasteiger partial charge in [0, 0.05) is 16.4 Å². The van der Waals surface area contributed by atoms with Crippen LogP contribution in [-0.4, -0.2) is 15.9 Å². The Hall–Kier alpha value is -3.13. The molecule has 0 atom stereocenters. The largest absolute Gasteiger partial charge is 0.416 e.